The molecule has 2 aliphatic rings. The molecule has 4 rings (SSSR count). The molecule has 262 valence electrons. The number of aldehydes is 1. The molecule has 2 aromatic rings. The van der Waals surface area contributed by atoms with E-state index in [1.54, 1.807) is 0 Å². The summed E-state index contributed by atoms with van der Waals surface area (Å²) in [7, 11) is -1.27. The van der Waals surface area contributed by atoms with E-state index in [2.05, 4.69) is 19.6 Å². The molecule has 2 heterocycles. The van der Waals surface area contributed by atoms with Crippen LogP contribution in [0.2, 0.25) is 25.7 Å². The molecule has 0 saturated heterocycles. The fourth-order valence-electron chi connectivity index (χ4n) is 5.55. The first-order valence-corrected chi connectivity index (χ1v) is 20.0. The number of aromatic hydroxyl groups is 1. The number of ether oxygens (including phenoxy) is 5. The highest BCUT2D eigenvalue weighted by molar-refractivity contribution is 6.76. The van der Waals surface area contributed by atoms with Crippen molar-refractivity contribution in [2.24, 2.45) is 0 Å². The minimum atomic E-state index is -1.27. The number of aliphatic carboxylic acids is 1. The lowest BCUT2D eigenvalue weighted by atomic mass is 9.94. The van der Waals surface area contributed by atoms with Crippen molar-refractivity contribution in [3.63, 3.8) is 0 Å². The molecule has 2 aliphatic heterocycles. The first kappa shape index (κ1) is 38.1. The normalized spacial score (nSPS) is 13.5. The van der Waals surface area contributed by atoms with E-state index in [1.165, 1.54) is 0 Å². The number of carboxylic acid groups (broad SMARTS) is 1. The van der Waals surface area contributed by atoms with Crippen LogP contribution in [0.5, 0.6) is 23.0 Å². The van der Waals surface area contributed by atoms with Crippen LogP contribution in [0.4, 0.5) is 0 Å². The highest BCUT2D eigenvalue weighted by atomic mass is 28.3. The molecule has 0 saturated carbocycles. The summed E-state index contributed by atoms with van der Waals surface area (Å²) in [5.74, 6) is -0.195. The molecule has 0 spiro atoms. The molecule has 11 nitrogen and oxygen atoms in total. The summed E-state index contributed by atoms with van der Waals surface area (Å²) >= 11 is 0. The summed E-state index contributed by atoms with van der Waals surface area (Å²) in [6.45, 7) is 17.9. The predicted molar refractivity (Wildman–Crippen MR) is 182 cm³/mol. The monoisotopic (exact) mass is 684 g/mol. The van der Waals surface area contributed by atoms with E-state index in [0.717, 1.165) is 34.6 Å². The fraction of sp³-hybridized carbons (Fsp3) is 0.500. The molecule has 2 aromatic carbocycles. The van der Waals surface area contributed by atoms with E-state index in [4.69, 9.17) is 28.8 Å². The molecular formula is C36H48O11Si. The molecule has 2 N–H and O–H groups in total. The van der Waals surface area contributed by atoms with Gasteiger partial charge in [0.2, 0.25) is 0 Å². The summed E-state index contributed by atoms with van der Waals surface area (Å²) in [5, 5.41) is 19.3. The summed E-state index contributed by atoms with van der Waals surface area (Å²) < 4.78 is 27.7. The third-order valence-corrected chi connectivity index (χ3v) is 9.92. The van der Waals surface area contributed by atoms with Crippen molar-refractivity contribution in [3.8, 4) is 23.0 Å². The van der Waals surface area contributed by atoms with E-state index < -0.39 is 20.0 Å². The minimum Gasteiger partial charge on any atom is -0.507 e. The van der Waals surface area contributed by atoms with Crippen LogP contribution in [0.15, 0.2) is 11.6 Å². The number of cyclic esters (lactones) is 2. The Kier molecular flexibility index (Phi) is 13.2. The second kappa shape index (κ2) is 16.7. The number of phenolic OH excluding ortho intramolecular Hbond substituents is 1. The van der Waals surface area contributed by atoms with Crippen molar-refractivity contribution in [1.82, 2.24) is 0 Å². The molecule has 0 unspecified atom stereocenters. The average Bonchev–Trinajstić information content (AvgIpc) is 3.60. The van der Waals surface area contributed by atoms with Crippen LogP contribution in [0.25, 0.3) is 0 Å². The van der Waals surface area contributed by atoms with Crippen LogP contribution >= 0.6 is 0 Å². The fourth-order valence-corrected chi connectivity index (χ4v) is 6.26. The van der Waals surface area contributed by atoms with Gasteiger partial charge in [0.15, 0.2) is 0 Å². The van der Waals surface area contributed by atoms with Gasteiger partial charge < -0.3 is 38.7 Å². The van der Waals surface area contributed by atoms with Crippen molar-refractivity contribution in [3.05, 3.63) is 56.2 Å². The predicted octanol–water partition coefficient (Wildman–Crippen LogP) is 6.65. The zero-order valence-corrected chi connectivity index (χ0v) is 30.3. The van der Waals surface area contributed by atoms with Crippen LogP contribution in [0.1, 0.15) is 87.7 Å². The van der Waals surface area contributed by atoms with E-state index in [9.17, 15) is 24.3 Å². The molecule has 0 amide bonds. The largest absolute Gasteiger partial charge is 0.507 e. The number of phenols is 1. The average molecular weight is 685 g/mol. The van der Waals surface area contributed by atoms with Gasteiger partial charge in [-0.3, -0.25) is 4.79 Å². The van der Waals surface area contributed by atoms with Gasteiger partial charge in [-0.25, -0.2) is 9.59 Å². The maximum atomic E-state index is 12.2. The van der Waals surface area contributed by atoms with Crippen molar-refractivity contribution in [1.29, 1.82) is 0 Å². The second-order valence-electron chi connectivity index (χ2n) is 12.9. The molecule has 0 bridgehead atoms. The highest BCUT2D eigenvalue weighted by Gasteiger charge is 2.34. The first-order valence-electron chi connectivity index (χ1n) is 16.3. The molecule has 0 fully saturated rings. The van der Waals surface area contributed by atoms with Gasteiger partial charge in [-0.1, -0.05) is 31.3 Å². The summed E-state index contributed by atoms with van der Waals surface area (Å²) in [6.07, 6.45) is 3.67. The number of rotatable bonds is 15. The Balaban J connectivity index is 0.000000260. The SMILES string of the molecule is CCOc1c(C)c2c(c(O)c1C/C=C(\C)CCC(=O)O)C(=O)OC2.CCOc1c(C)c2c(c(OCC[Si](C)(C)C)c1CC=O)C(=O)OC2. The number of carbonyl (C=O) groups excluding carboxylic acids is 3. The Morgan fingerprint density at radius 1 is 0.833 bits per heavy atom. The van der Waals surface area contributed by atoms with Crippen LogP contribution in [-0.2, 0) is 45.1 Å². The van der Waals surface area contributed by atoms with Gasteiger partial charge in [0.25, 0.3) is 0 Å². The number of hydrogen-bond acceptors (Lipinski definition) is 10. The van der Waals surface area contributed by atoms with Gasteiger partial charge in [-0.2, -0.15) is 0 Å². The second-order valence-corrected chi connectivity index (χ2v) is 18.6. The number of carbonyl (C=O) groups is 4. The Bertz CT molecular complexity index is 1580. The van der Waals surface area contributed by atoms with Gasteiger partial charge >= 0.3 is 17.9 Å². The Morgan fingerprint density at radius 2 is 1.38 bits per heavy atom. The summed E-state index contributed by atoms with van der Waals surface area (Å²) in [5.41, 5.74) is 5.87. The van der Waals surface area contributed by atoms with Crippen LogP contribution < -0.4 is 14.2 Å². The topological polar surface area (TPSA) is 155 Å². The molecule has 48 heavy (non-hydrogen) atoms. The van der Waals surface area contributed by atoms with E-state index in [0.29, 0.717) is 72.2 Å². The lowest BCUT2D eigenvalue weighted by Gasteiger charge is -2.21. The van der Waals surface area contributed by atoms with Gasteiger partial charge in [0.05, 0.1) is 19.8 Å². The number of allylic oxidation sites excluding steroid dienone is 2. The maximum absolute atomic E-state index is 12.2. The Morgan fingerprint density at radius 3 is 1.90 bits per heavy atom. The van der Waals surface area contributed by atoms with Crippen LogP contribution in [0.3, 0.4) is 0 Å². The molecule has 0 atom stereocenters. The smallest absolute Gasteiger partial charge is 0.342 e. The standard InChI is InChI=1S/C18H22O6.C18H26O5Si/c1-4-23-17-11(3)13-9-24-18(22)15(13)16(21)12(17)7-5-10(2)6-8-14(19)20;1-6-21-16-12(2)14-11-23-18(20)15(14)17(13(16)7-8-19)22-9-10-24(3,4)5/h5,21H,4,6-9H2,1-3H3,(H,19,20);8H,6-7,9-11H2,1-5H3/b10-5+;. The van der Waals surface area contributed by atoms with E-state index in [-0.39, 0.29) is 43.3 Å². The third kappa shape index (κ3) is 8.97. The van der Waals surface area contributed by atoms with Crippen LogP contribution in [-0.4, -0.2) is 62.3 Å². The number of hydrogen-bond donors (Lipinski definition) is 2. The first-order chi connectivity index (χ1) is 22.7. The van der Waals surface area contributed by atoms with Crippen molar-refractivity contribution < 1.29 is 53.1 Å². The Labute approximate surface area is 283 Å². The molecule has 0 radical (unpaired) electrons. The number of benzene rings is 2. The third-order valence-electron chi connectivity index (χ3n) is 8.22. The van der Waals surface area contributed by atoms with Crippen LogP contribution in [0, 0.1) is 13.8 Å². The van der Waals surface area contributed by atoms with E-state index >= 15 is 0 Å². The molecule has 12 heteroatoms. The molecule has 0 aromatic heterocycles. The van der Waals surface area contributed by atoms with Crippen molar-refractivity contribution in [2.45, 2.75) is 99.2 Å². The zero-order valence-electron chi connectivity index (χ0n) is 29.3. The number of carboxylic acids is 1. The quantitative estimate of drug-likeness (QED) is 0.0897. The van der Waals surface area contributed by atoms with Gasteiger partial charge in [0, 0.05) is 43.2 Å². The Hall–Kier alpha value is -4.32. The molecular weight excluding hydrogens is 636 g/mol. The maximum Gasteiger partial charge on any atom is 0.342 e. The number of fused-ring (bicyclic) bond motifs is 2. The highest BCUT2D eigenvalue weighted by Crippen LogP contribution is 2.44. The number of esters is 2. The lowest BCUT2D eigenvalue weighted by molar-refractivity contribution is -0.137. The minimum absolute atomic E-state index is 0.0577. The zero-order chi connectivity index (χ0) is 35.8. The van der Waals surface area contributed by atoms with Crippen molar-refractivity contribution >= 4 is 32.3 Å². The molecule has 0 aliphatic carbocycles. The summed E-state index contributed by atoms with van der Waals surface area (Å²) in [4.78, 5) is 45.9. The summed E-state index contributed by atoms with van der Waals surface area (Å²) in [6, 6.07) is 0.967. The van der Waals surface area contributed by atoms with Crippen molar-refractivity contribution in [2.75, 3.05) is 19.8 Å². The van der Waals surface area contributed by atoms with Gasteiger partial charge in [0.1, 0.15) is 53.6 Å². The lowest BCUT2D eigenvalue weighted by Crippen LogP contribution is -2.23. The van der Waals surface area contributed by atoms with Gasteiger partial charge in [-0.05, 0) is 64.6 Å². The van der Waals surface area contributed by atoms with E-state index in [1.807, 2.05) is 40.7 Å². The van der Waals surface area contributed by atoms with Gasteiger partial charge in [-0.15, -0.1) is 0 Å².